The Balaban J connectivity index is 3.22. The van der Waals surface area contributed by atoms with Crippen molar-refractivity contribution >= 4 is 65.5 Å². The van der Waals surface area contributed by atoms with Crippen molar-refractivity contribution in [3.05, 3.63) is 70.9 Å². The summed E-state index contributed by atoms with van der Waals surface area (Å²) in [6.07, 6.45) is 2.26. The Hall–Kier alpha value is -1.05. The second-order valence-corrected chi connectivity index (χ2v) is 54.2. The van der Waals surface area contributed by atoms with Crippen LogP contribution >= 0.6 is 0 Å². The highest BCUT2D eigenvalue weighted by Gasteiger charge is 2.46. The fourth-order valence-corrected chi connectivity index (χ4v) is 47.6. The summed E-state index contributed by atoms with van der Waals surface area (Å²) in [6.45, 7) is 51.6. The molecule has 8 heteroatoms. The largest absolute Gasteiger partial charge is 0.359 e. The molecule has 0 atom stereocenters. The smallest absolute Gasteiger partial charge is 0.0691 e. The zero-order chi connectivity index (χ0) is 35.8. The quantitative estimate of drug-likeness (QED) is 0.161. The number of para-hydroxylation sites is 1. The van der Waals surface area contributed by atoms with Crippen molar-refractivity contribution in [1.29, 1.82) is 0 Å². The molecule has 0 aromatic heterocycles. The number of rotatable bonds is 13. The van der Waals surface area contributed by atoms with Crippen molar-refractivity contribution in [3.63, 3.8) is 0 Å². The van der Waals surface area contributed by atoms with Gasteiger partial charge >= 0.3 is 0 Å². The minimum absolute atomic E-state index is 0.630. The summed E-state index contributed by atoms with van der Waals surface area (Å²) in [5.41, 5.74) is 9.57. The Kier molecular flexibility index (Phi) is 12.9. The second-order valence-electron chi connectivity index (χ2n) is 20.6. The average molecular weight is 726 g/mol. The van der Waals surface area contributed by atoms with Gasteiger partial charge in [-0.2, -0.15) is 0 Å². The maximum absolute atomic E-state index is 5.77. The fraction of sp³-hybridized carbons (Fsp3) is 0.605. The molecule has 0 unspecified atom stereocenters. The van der Waals surface area contributed by atoms with E-state index in [-0.39, 0.29) is 0 Å². The molecule has 258 valence electrons. The number of hydrogen-bond donors (Lipinski definition) is 1. The van der Waals surface area contributed by atoms with Gasteiger partial charge in [-0.15, -0.1) is 0 Å². The summed E-state index contributed by atoms with van der Waals surface area (Å²) in [6, 6.07) is 16.0. The van der Waals surface area contributed by atoms with Crippen LogP contribution in [-0.2, 0) is 0 Å². The first-order chi connectivity index (χ1) is 20.5. The van der Waals surface area contributed by atoms with Gasteiger partial charge in [0.15, 0.2) is 0 Å². The lowest BCUT2D eigenvalue weighted by Gasteiger charge is -2.45. The molecule has 0 aliphatic heterocycles. The van der Waals surface area contributed by atoms with E-state index in [9.17, 15) is 0 Å². The molecule has 0 radical (unpaired) electrons. The summed E-state index contributed by atoms with van der Waals surface area (Å²) in [5.74, 6) is 0. The first-order valence-electron chi connectivity index (χ1n) is 17.7. The summed E-state index contributed by atoms with van der Waals surface area (Å²) in [4.78, 5) is 5.77. The lowest BCUT2D eigenvalue weighted by molar-refractivity contribution is 1.07. The normalized spacial score (nSPS) is 14.9. The third-order valence-corrected chi connectivity index (χ3v) is 37.1. The minimum atomic E-state index is -1.62. The highest BCUT2D eigenvalue weighted by molar-refractivity contribution is 6.98. The van der Waals surface area contributed by atoms with Crippen LogP contribution in [-0.4, -0.2) is 54.2 Å². The summed E-state index contributed by atoms with van der Waals surface area (Å²) in [7, 11) is -9.50. The second kappa shape index (κ2) is 14.4. The van der Waals surface area contributed by atoms with Crippen molar-refractivity contribution in [2.24, 2.45) is 4.99 Å². The highest BCUT2D eigenvalue weighted by atomic mass is 28.4. The van der Waals surface area contributed by atoms with Gasteiger partial charge in [0.25, 0.3) is 0 Å². The van der Waals surface area contributed by atoms with Crippen molar-refractivity contribution in [3.8, 4) is 0 Å². The average Bonchev–Trinajstić information content (AvgIpc) is 2.76. The van der Waals surface area contributed by atoms with Gasteiger partial charge in [0.05, 0.1) is 5.69 Å². The minimum Gasteiger partial charge on any atom is -0.359 e. The molecule has 0 saturated carbocycles. The molecule has 0 saturated heterocycles. The van der Waals surface area contributed by atoms with E-state index < -0.39 is 48.4 Å². The zero-order valence-corrected chi connectivity index (χ0v) is 39.8. The van der Waals surface area contributed by atoms with Gasteiger partial charge < -0.3 is 5.32 Å². The number of anilines is 1. The monoisotopic (exact) mass is 724 g/mol. The van der Waals surface area contributed by atoms with E-state index in [0.717, 1.165) is 17.1 Å². The van der Waals surface area contributed by atoms with Gasteiger partial charge in [0, 0.05) is 65.5 Å². The van der Waals surface area contributed by atoms with Gasteiger partial charge in [-0.3, -0.25) is 4.99 Å². The predicted octanol–water partition coefficient (Wildman–Crippen LogP) is 13.3. The Morgan fingerprint density at radius 2 is 0.891 bits per heavy atom. The fourth-order valence-electron chi connectivity index (χ4n) is 9.51. The highest BCUT2D eigenvalue weighted by Crippen LogP contribution is 2.50. The van der Waals surface area contributed by atoms with Gasteiger partial charge in [0.2, 0.25) is 0 Å². The van der Waals surface area contributed by atoms with Gasteiger partial charge in [-0.25, -0.2) is 0 Å². The molecular formula is C38H72N2Si6. The van der Waals surface area contributed by atoms with Crippen molar-refractivity contribution < 1.29 is 0 Å². The maximum Gasteiger partial charge on any atom is 0.0691 e. The molecule has 2 nitrogen and oxygen atoms in total. The van der Waals surface area contributed by atoms with Gasteiger partial charge in [-0.1, -0.05) is 148 Å². The third kappa shape index (κ3) is 11.0. The van der Waals surface area contributed by atoms with Crippen molar-refractivity contribution in [1.82, 2.24) is 0 Å². The molecule has 0 fully saturated rings. The van der Waals surface area contributed by atoms with Crippen LogP contribution in [0.3, 0.4) is 0 Å². The molecule has 2 rings (SSSR count). The van der Waals surface area contributed by atoms with Gasteiger partial charge in [0.1, 0.15) is 0 Å². The molecule has 46 heavy (non-hydrogen) atoms. The zero-order valence-electron chi connectivity index (χ0n) is 33.8. The number of nitrogens with zero attached hydrogens (tertiary/aromatic N) is 1. The number of hydrogen-bond acceptors (Lipinski definition) is 2. The molecule has 2 aromatic rings. The molecule has 0 heterocycles. The molecule has 1 N–H and O–H groups in total. The van der Waals surface area contributed by atoms with E-state index in [0.29, 0.717) is 15.5 Å². The van der Waals surface area contributed by atoms with E-state index >= 15 is 0 Å². The van der Waals surface area contributed by atoms with Crippen LogP contribution in [0.4, 0.5) is 11.4 Å². The topological polar surface area (TPSA) is 24.4 Å². The lowest BCUT2D eigenvalue weighted by Crippen LogP contribution is -2.49. The van der Waals surface area contributed by atoms with Crippen LogP contribution in [0, 0.1) is 0 Å². The lowest BCUT2D eigenvalue weighted by atomic mass is 10.0. The Morgan fingerprint density at radius 1 is 0.543 bits per heavy atom. The van der Waals surface area contributed by atoms with Crippen LogP contribution in [0.2, 0.25) is 118 Å². The van der Waals surface area contributed by atoms with Crippen molar-refractivity contribution in [2.45, 2.75) is 147 Å². The SMILES string of the molecule is CC(/C=C(/C)Nc1ccccc1)=Nc1c(C([Si](C)(C)C)[Si](C)(C)C)cc(C([Si](C)(C)C)[Si](C)(C)C)cc1C([Si](C)(C)C)[Si](C)(C)C. The first kappa shape index (κ1) is 41.1. The summed E-state index contributed by atoms with van der Waals surface area (Å²) < 4.78 is 0. The molecular weight excluding hydrogens is 653 g/mol. The first-order valence-corrected chi connectivity index (χ1v) is 39.2. The van der Waals surface area contributed by atoms with Crippen molar-refractivity contribution in [2.75, 3.05) is 5.32 Å². The van der Waals surface area contributed by atoms with Crippen LogP contribution in [0.5, 0.6) is 0 Å². The Labute approximate surface area is 292 Å². The van der Waals surface area contributed by atoms with E-state index in [1.807, 2.05) is 0 Å². The maximum atomic E-state index is 5.77. The van der Waals surface area contributed by atoms with Crippen LogP contribution in [0.1, 0.15) is 46.0 Å². The molecule has 0 aliphatic carbocycles. The molecule has 0 amide bonds. The summed E-state index contributed by atoms with van der Waals surface area (Å²) in [5, 5.41) is 5.57. The Bertz CT molecular complexity index is 1290. The molecule has 0 bridgehead atoms. The number of benzene rings is 2. The number of allylic oxidation sites excluding steroid dienone is 2. The van der Waals surface area contributed by atoms with E-state index in [2.05, 4.69) is 186 Å². The van der Waals surface area contributed by atoms with E-state index in [1.165, 1.54) is 5.69 Å². The van der Waals surface area contributed by atoms with E-state index in [1.54, 1.807) is 16.7 Å². The van der Waals surface area contributed by atoms with Gasteiger partial charge in [-0.05, 0) is 64.2 Å². The Morgan fingerprint density at radius 3 is 1.22 bits per heavy atom. The third-order valence-electron chi connectivity index (χ3n) is 9.17. The van der Waals surface area contributed by atoms with Crippen LogP contribution in [0.25, 0.3) is 0 Å². The molecule has 0 spiro atoms. The van der Waals surface area contributed by atoms with Crippen LogP contribution in [0.15, 0.2) is 59.2 Å². The summed E-state index contributed by atoms with van der Waals surface area (Å²) >= 11 is 0. The van der Waals surface area contributed by atoms with E-state index in [4.69, 9.17) is 4.99 Å². The predicted molar refractivity (Wildman–Crippen MR) is 231 cm³/mol. The number of aliphatic imine (C=N–C) groups is 1. The molecule has 0 aliphatic rings. The molecule has 2 aromatic carbocycles. The standard InChI is InChI=1S/C38H72N2Si6/c1-29(39-32-24-22-21-23-25-32)26-30(2)40-35-33(37(43(9,10)11)44(12,13)14)27-31(36(41(3,4)5)42(6,7)8)28-34(35)38(45(15,16)17)46(18,19)20/h21-28,36-39H,1-20H3/b29-26-,40-30?. The van der Waals surface area contributed by atoms with Crippen LogP contribution < -0.4 is 5.32 Å². The number of nitrogens with one attached hydrogen (secondary N) is 1.